The summed E-state index contributed by atoms with van der Waals surface area (Å²) in [6.45, 7) is 6.93. The highest BCUT2D eigenvalue weighted by molar-refractivity contribution is 5.40. The number of aryl methyl sites for hydroxylation is 1. The van der Waals surface area contributed by atoms with Gasteiger partial charge in [-0.1, -0.05) is 12.1 Å². The van der Waals surface area contributed by atoms with Crippen LogP contribution in [-0.4, -0.2) is 11.6 Å². The van der Waals surface area contributed by atoms with Gasteiger partial charge in [-0.2, -0.15) is 0 Å². The van der Waals surface area contributed by atoms with Crippen LogP contribution < -0.4 is 10.1 Å². The first-order chi connectivity index (χ1) is 9.63. The zero-order valence-corrected chi connectivity index (χ0v) is 12.1. The third-order valence-electron chi connectivity index (χ3n) is 3.72. The van der Waals surface area contributed by atoms with Gasteiger partial charge in [0.1, 0.15) is 11.5 Å². The molecule has 0 radical (unpaired) electrons. The van der Waals surface area contributed by atoms with Crippen LogP contribution in [0.2, 0.25) is 0 Å². The first-order valence-corrected chi connectivity index (χ1v) is 7.07. The van der Waals surface area contributed by atoms with Gasteiger partial charge < -0.3 is 9.15 Å². The van der Waals surface area contributed by atoms with Crippen LogP contribution >= 0.6 is 0 Å². The van der Waals surface area contributed by atoms with Crippen molar-refractivity contribution in [3.8, 4) is 5.75 Å². The van der Waals surface area contributed by atoms with Crippen molar-refractivity contribution in [2.45, 2.75) is 39.3 Å². The second kappa shape index (κ2) is 5.29. The summed E-state index contributed by atoms with van der Waals surface area (Å²) in [7, 11) is 0. The molecule has 1 aromatic heterocycles. The monoisotopic (exact) mass is 272 g/mol. The lowest BCUT2D eigenvalue weighted by Gasteiger charge is -2.18. The molecule has 0 saturated carbocycles. The summed E-state index contributed by atoms with van der Waals surface area (Å²) < 4.78 is 11.1. The number of hydrogen-bond acceptors (Lipinski definition) is 4. The maximum atomic E-state index is 5.56. The van der Waals surface area contributed by atoms with Crippen molar-refractivity contribution < 1.29 is 9.15 Å². The molecule has 1 aliphatic rings. The average molecular weight is 272 g/mol. The summed E-state index contributed by atoms with van der Waals surface area (Å²) in [5, 5.41) is 3.52. The molecule has 3 rings (SSSR count). The molecule has 4 nitrogen and oxygen atoms in total. The average Bonchev–Trinajstić information content (AvgIpc) is 3.05. The Morgan fingerprint density at radius 2 is 2.10 bits per heavy atom. The van der Waals surface area contributed by atoms with Crippen LogP contribution in [-0.2, 0) is 6.42 Å². The third kappa shape index (κ3) is 2.56. The summed E-state index contributed by atoms with van der Waals surface area (Å²) in [6, 6.07) is 6.74. The maximum absolute atomic E-state index is 5.56. The Kier molecular flexibility index (Phi) is 3.49. The molecular formula is C16H20N2O2. The van der Waals surface area contributed by atoms with E-state index in [0.717, 1.165) is 30.4 Å². The minimum Gasteiger partial charge on any atom is -0.493 e. The van der Waals surface area contributed by atoms with E-state index in [1.165, 1.54) is 11.1 Å². The molecule has 4 heteroatoms. The molecule has 0 amide bonds. The number of aromatic nitrogens is 1. The highest BCUT2D eigenvalue weighted by atomic mass is 16.5. The Bertz CT molecular complexity index is 606. The summed E-state index contributed by atoms with van der Waals surface area (Å²) >= 11 is 0. The molecule has 20 heavy (non-hydrogen) atoms. The molecule has 0 spiro atoms. The van der Waals surface area contributed by atoms with Crippen LogP contribution in [0.15, 0.2) is 28.8 Å². The van der Waals surface area contributed by atoms with Crippen molar-refractivity contribution in [2.24, 2.45) is 0 Å². The number of oxazole rings is 1. The largest absolute Gasteiger partial charge is 0.493 e. The van der Waals surface area contributed by atoms with E-state index in [9.17, 15) is 0 Å². The zero-order valence-electron chi connectivity index (χ0n) is 12.1. The van der Waals surface area contributed by atoms with Crippen molar-refractivity contribution >= 4 is 0 Å². The smallest absolute Gasteiger partial charge is 0.211 e. The number of nitrogens with one attached hydrogen (secondary N) is 1. The second-order valence-electron chi connectivity index (χ2n) is 5.38. The Labute approximate surface area is 119 Å². The Balaban J connectivity index is 1.71. The standard InChI is InChI=1S/C16H20N2O2/c1-10-9-17-16(20-10)12(3)18-11(2)13-4-5-15-14(8-13)6-7-19-15/h4-5,8-9,11-12,18H,6-7H2,1-3H3. The molecule has 2 atom stereocenters. The first kappa shape index (κ1) is 13.2. The second-order valence-corrected chi connectivity index (χ2v) is 5.38. The van der Waals surface area contributed by atoms with Gasteiger partial charge in [-0.25, -0.2) is 4.98 Å². The predicted octanol–water partition coefficient (Wildman–Crippen LogP) is 3.33. The molecule has 1 aromatic carbocycles. The fourth-order valence-electron chi connectivity index (χ4n) is 2.59. The molecule has 1 N–H and O–H groups in total. The van der Waals surface area contributed by atoms with Crippen LogP contribution in [0, 0.1) is 6.92 Å². The van der Waals surface area contributed by atoms with Crippen LogP contribution in [0.5, 0.6) is 5.75 Å². The molecular weight excluding hydrogens is 252 g/mol. The van der Waals surface area contributed by atoms with Crippen molar-refractivity contribution in [3.05, 3.63) is 47.2 Å². The van der Waals surface area contributed by atoms with E-state index in [-0.39, 0.29) is 12.1 Å². The minimum absolute atomic E-state index is 0.0863. The minimum atomic E-state index is 0.0863. The van der Waals surface area contributed by atoms with Crippen molar-refractivity contribution in [2.75, 3.05) is 6.61 Å². The van der Waals surface area contributed by atoms with Crippen molar-refractivity contribution in [3.63, 3.8) is 0 Å². The van der Waals surface area contributed by atoms with Crippen molar-refractivity contribution in [1.82, 2.24) is 10.3 Å². The zero-order chi connectivity index (χ0) is 14.1. The van der Waals surface area contributed by atoms with E-state index in [0.29, 0.717) is 0 Å². The topological polar surface area (TPSA) is 47.3 Å². The third-order valence-corrected chi connectivity index (χ3v) is 3.72. The Morgan fingerprint density at radius 3 is 2.85 bits per heavy atom. The van der Waals surface area contributed by atoms with Crippen LogP contribution in [0.1, 0.15) is 48.7 Å². The Hall–Kier alpha value is -1.81. The lowest BCUT2D eigenvalue weighted by molar-refractivity contribution is 0.356. The first-order valence-electron chi connectivity index (χ1n) is 7.07. The number of rotatable bonds is 4. The summed E-state index contributed by atoms with van der Waals surface area (Å²) in [5.74, 6) is 2.60. The van der Waals surface area contributed by atoms with Crippen LogP contribution in [0.4, 0.5) is 0 Å². The molecule has 0 aliphatic carbocycles. The molecule has 2 aromatic rings. The molecule has 0 fully saturated rings. The van der Waals surface area contributed by atoms with E-state index >= 15 is 0 Å². The predicted molar refractivity (Wildman–Crippen MR) is 76.8 cm³/mol. The van der Waals surface area contributed by atoms with Gasteiger partial charge in [0.25, 0.3) is 0 Å². The number of ether oxygens (including phenoxy) is 1. The van der Waals surface area contributed by atoms with Gasteiger partial charge in [0.2, 0.25) is 5.89 Å². The molecule has 0 bridgehead atoms. The van der Waals surface area contributed by atoms with Gasteiger partial charge in [0.05, 0.1) is 18.8 Å². The highest BCUT2D eigenvalue weighted by Gasteiger charge is 2.18. The van der Waals surface area contributed by atoms with Gasteiger partial charge in [-0.15, -0.1) is 0 Å². The molecule has 0 saturated heterocycles. The summed E-state index contributed by atoms with van der Waals surface area (Å²) in [6.07, 6.45) is 2.76. The Morgan fingerprint density at radius 1 is 1.25 bits per heavy atom. The SMILES string of the molecule is Cc1cnc(C(C)NC(C)c2ccc3c(c2)CCO3)o1. The maximum Gasteiger partial charge on any atom is 0.211 e. The van der Waals surface area contributed by atoms with Gasteiger partial charge in [0, 0.05) is 12.5 Å². The highest BCUT2D eigenvalue weighted by Crippen LogP contribution is 2.29. The summed E-state index contributed by atoms with van der Waals surface area (Å²) in [5.41, 5.74) is 2.57. The number of nitrogens with zero attached hydrogens (tertiary/aromatic N) is 1. The lowest BCUT2D eigenvalue weighted by atomic mass is 10.0. The number of benzene rings is 1. The van der Waals surface area contributed by atoms with Crippen LogP contribution in [0.3, 0.4) is 0 Å². The van der Waals surface area contributed by atoms with Crippen molar-refractivity contribution in [1.29, 1.82) is 0 Å². The fourth-order valence-corrected chi connectivity index (χ4v) is 2.59. The van der Waals surface area contributed by atoms with E-state index in [1.807, 2.05) is 6.92 Å². The number of fused-ring (bicyclic) bond motifs is 1. The van der Waals surface area contributed by atoms with E-state index in [1.54, 1.807) is 6.20 Å². The molecule has 2 unspecified atom stereocenters. The fraction of sp³-hybridized carbons (Fsp3) is 0.438. The van der Waals surface area contributed by atoms with E-state index in [2.05, 4.69) is 42.3 Å². The van der Waals surface area contributed by atoms with Gasteiger partial charge in [-0.3, -0.25) is 5.32 Å². The molecule has 2 heterocycles. The van der Waals surface area contributed by atoms with Gasteiger partial charge >= 0.3 is 0 Å². The molecule has 1 aliphatic heterocycles. The summed E-state index contributed by atoms with van der Waals surface area (Å²) in [4.78, 5) is 4.27. The lowest BCUT2D eigenvalue weighted by Crippen LogP contribution is -2.22. The van der Waals surface area contributed by atoms with Crippen LogP contribution in [0.25, 0.3) is 0 Å². The van der Waals surface area contributed by atoms with Gasteiger partial charge in [-0.05, 0) is 38.0 Å². The van der Waals surface area contributed by atoms with E-state index in [4.69, 9.17) is 9.15 Å². The normalized spacial score (nSPS) is 16.6. The molecule has 106 valence electrons. The quantitative estimate of drug-likeness (QED) is 0.927. The van der Waals surface area contributed by atoms with E-state index < -0.39 is 0 Å². The van der Waals surface area contributed by atoms with Gasteiger partial charge in [0.15, 0.2) is 0 Å². The number of hydrogen-bond donors (Lipinski definition) is 1.